The molecule has 6 nitrogen and oxygen atoms in total. The number of rotatable bonds is 2. The average Bonchev–Trinajstić information content (AvgIpc) is 3.27. The van der Waals surface area contributed by atoms with Crippen molar-refractivity contribution in [2.45, 2.75) is 6.92 Å². The van der Waals surface area contributed by atoms with Crippen molar-refractivity contribution in [2.24, 2.45) is 9.39 Å². The SMILES string of the molecule is CSC1=NSC2=NC(=O)/C(=C\c3ccc(-c4ccc(C)c(Cl)c4)o3)C(=N)N12. The Balaban J connectivity index is 1.67. The number of amidine groups is 3. The lowest BCUT2D eigenvalue weighted by Gasteiger charge is -2.23. The molecule has 2 aliphatic rings. The Hall–Kier alpha value is -2.29. The summed E-state index contributed by atoms with van der Waals surface area (Å²) in [5, 5.41) is 10.1. The molecule has 1 amide bonds. The number of aliphatic imine (C=N–C) groups is 1. The monoisotopic (exact) mass is 416 g/mol. The van der Waals surface area contributed by atoms with Crippen molar-refractivity contribution in [3.05, 3.63) is 52.3 Å². The lowest BCUT2D eigenvalue weighted by Crippen LogP contribution is -2.41. The number of benzene rings is 1. The van der Waals surface area contributed by atoms with Crippen LogP contribution in [0.25, 0.3) is 17.4 Å². The van der Waals surface area contributed by atoms with Gasteiger partial charge in [0, 0.05) is 10.6 Å². The molecule has 0 aliphatic carbocycles. The number of aryl methyl sites for hydroxylation is 1. The van der Waals surface area contributed by atoms with Crippen LogP contribution < -0.4 is 0 Å². The first kappa shape index (κ1) is 18.1. The molecule has 9 heteroatoms. The first-order chi connectivity index (χ1) is 13.0. The molecule has 3 heterocycles. The number of carbonyl (C=O) groups excluding carboxylic acids is 1. The van der Waals surface area contributed by atoms with Crippen molar-refractivity contribution in [1.82, 2.24) is 4.90 Å². The maximum Gasteiger partial charge on any atom is 0.283 e. The van der Waals surface area contributed by atoms with Crippen LogP contribution in [0.1, 0.15) is 11.3 Å². The van der Waals surface area contributed by atoms with Crippen molar-refractivity contribution in [1.29, 1.82) is 5.41 Å². The predicted molar refractivity (Wildman–Crippen MR) is 112 cm³/mol. The quantitative estimate of drug-likeness (QED) is 0.559. The topological polar surface area (TPSA) is 82.0 Å². The lowest BCUT2D eigenvalue weighted by molar-refractivity contribution is -0.114. The van der Waals surface area contributed by atoms with Crippen LogP contribution in [0.4, 0.5) is 0 Å². The van der Waals surface area contributed by atoms with Crippen molar-refractivity contribution >= 4 is 63.5 Å². The molecule has 1 aromatic carbocycles. The summed E-state index contributed by atoms with van der Waals surface area (Å²) in [6.45, 7) is 1.93. The second-order valence-electron chi connectivity index (χ2n) is 5.78. The molecule has 0 saturated heterocycles. The first-order valence-corrected chi connectivity index (χ1v) is 10.2. The Morgan fingerprint density at radius 3 is 2.89 bits per heavy atom. The van der Waals surface area contributed by atoms with Gasteiger partial charge in [0.1, 0.15) is 17.4 Å². The van der Waals surface area contributed by atoms with E-state index >= 15 is 0 Å². The van der Waals surface area contributed by atoms with Crippen molar-refractivity contribution < 1.29 is 9.21 Å². The highest BCUT2D eigenvalue weighted by Gasteiger charge is 2.37. The van der Waals surface area contributed by atoms with E-state index in [-0.39, 0.29) is 11.4 Å². The Morgan fingerprint density at radius 1 is 1.33 bits per heavy atom. The molecule has 1 aromatic heterocycles. The smallest absolute Gasteiger partial charge is 0.283 e. The number of thioether (sulfide) groups is 1. The minimum Gasteiger partial charge on any atom is -0.457 e. The molecule has 0 spiro atoms. The number of carbonyl (C=O) groups is 1. The van der Waals surface area contributed by atoms with E-state index in [0.717, 1.165) is 23.1 Å². The summed E-state index contributed by atoms with van der Waals surface area (Å²) in [4.78, 5) is 17.9. The fourth-order valence-electron chi connectivity index (χ4n) is 2.61. The highest BCUT2D eigenvalue weighted by atomic mass is 35.5. The molecular weight excluding hydrogens is 404 g/mol. The van der Waals surface area contributed by atoms with Crippen LogP contribution in [0.3, 0.4) is 0 Å². The second-order valence-corrected chi connectivity index (χ2v) is 7.69. The molecule has 0 fully saturated rings. The van der Waals surface area contributed by atoms with Gasteiger partial charge in [-0.3, -0.25) is 10.2 Å². The van der Waals surface area contributed by atoms with Crippen molar-refractivity contribution in [3.8, 4) is 11.3 Å². The van der Waals surface area contributed by atoms with Gasteiger partial charge < -0.3 is 4.42 Å². The predicted octanol–water partition coefficient (Wildman–Crippen LogP) is 4.85. The third-order valence-electron chi connectivity index (χ3n) is 4.05. The maximum absolute atomic E-state index is 12.4. The summed E-state index contributed by atoms with van der Waals surface area (Å²) in [5.41, 5.74) is 1.98. The fourth-order valence-corrected chi connectivity index (χ4v) is 4.24. The standard InChI is InChI=1S/C18H13ClN4O2S2/c1-9-3-4-10(7-13(9)19)14-6-5-11(25-14)8-12-15(20)23-17(21-16(12)24)27-22-18(23)26-2/h3-8,20H,1-2H3/b12-8-,20-15?. The minimum absolute atomic E-state index is 0.0411. The third-order valence-corrected chi connectivity index (χ3v) is 5.91. The van der Waals surface area contributed by atoms with E-state index in [0.29, 0.717) is 26.9 Å². The molecule has 0 saturated carbocycles. The molecule has 0 bridgehead atoms. The van der Waals surface area contributed by atoms with Gasteiger partial charge in [-0.1, -0.05) is 35.5 Å². The number of furan rings is 1. The van der Waals surface area contributed by atoms with Gasteiger partial charge in [0.05, 0.1) is 17.5 Å². The van der Waals surface area contributed by atoms with Crippen LogP contribution in [0, 0.1) is 12.3 Å². The van der Waals surface area contributed by atoms with Crippen LogP contribution in [-0.2, 0) is 4.79 Å². The van der Waals surface area contributed by atoms with Gasteiger partial charge >= 0.3 is 0 Å². The molecule has 1 N–H and O–H groups in total. The number of amides is 1. The summed E-state index contributed by atoms with van der Waals surface area (Å²) in [6, 6.07) is 9.23. The zero-order chi connectivity index (χ0) is 19.1. The molecule has 136 valence electrons. The molecule has 2 aromatic rings. The van der Waals surface area contributed by atoms with Crippen molar-refractivity contribution in [2.75, 3.05) is 6.26 Å². The molecule has 2 aliphatic heterocycles. The Kier molecular flexibility index (Phi) is 4.71. The zero-order valence-corrected chi connectivity index (χ0v) is 16.7. The summed E-state index contributed by atoms with van der Waals surface area (Å²) in [6.07, 6.45) is 3.39. The highest BCUT2D eigenvalue weighted by Crippen LogP contribution is 2.32. The summed E-state index contributed by atoms with van der Waals surface area (Å²) < 4.78 is 10.1. The summed E-state index contributed by atoms with van der Waals surface area (Å²) in [7, 11) is 0. The number of nitrogens with one attached hydrogen (secondary N) is 1. The number of hydrogen-bond acceptors (Lipinski definition) is 6. The molecule has 0 radical (unpaired) electrons. The molecular formula is C18H13ClN4O2S2. The van der Waals surface area contributed by atoms with Crippen LogP contribution >= 0.6 is 35.3 Å². The largest absolute Gasteiger partial charge is 0.457 e. The Bertz CT molecular complexity index is 1070. The Labute approximate surface area is 169 Å². The molecule has 0 atom stereocenters. The van der Waals surface area contributed by atoms with Crippen LogP contribution in [0.5, 0.6) is 0 Å². The van der Waals surface area contributed by atoms with Crippen LogP contribution in [-0.4, -0.2) is 33.2 Å². The van der Waals surface area contributed by atoms with Gasteiger partial charge in [0.2, 0.25) is 5.17 Å². The van der Waals surface area contributed by atoms with Crippen molar-refractivity contribution in [3.63, 3.8) is 0 Å². The van der Waals surface area contributed by atoms with E-state index in [2.05, 4.69) is 9.39 Å². The van der Waals surface area contributed by atoms with Gasteiger partial charge in [-0.15, -0.1) is 0 Å². The van der Waals surface area contributed by atoms with Crippen LogP contribution in [0.2, 0.25) is 5.02 Å². The third kappa shape index (κ3) is 3.24. The Morgan fingerprint density at radius 2 is 2.15 bits per heavy atom. The van der Waals surface area contributed by atoms with Gasteiger partial charge in [-0.2, -0.15) is 9.39 Å². The van der Waals surface area contributed by atoms with E-state index in [1.165, 1.54) is 17.8 Å². The number of nitrogens with zero attached hydrogens (tertiary/aromatic N) is 3. The maximum atomic E-state index is 12.4. The number of fused-ring (bicyclic) bond motifs is 1. The lowest BCUT2D eigenvalue weighted by atomic mass is 10.1. The van der Waals surface area contributed by atoms with E-state index in [9.17, 15) is 4.79 Å². The summed E-state index contributed by atoms with van der Waals surface area (Å²) in [5.74, 6) is 0.654. The summed E-state index contributed by atoms with van der Waals surface area (Å²) >= 11 is 8.67. The first-order valence-electron chi connectivity index (χ1n) is 7.87. The normalized spacial score (nSPS) is 18.0. The molecule has 0 unspecified atom stereocenters. The van der Waals surface area contributed by atoms with E-state index < -0.39 is 5.91 Å². The second kappa shape index (κ2) is 7.03. The van der Waals surface area contributed by atoms with Gasteiger partial charge in [-0.05, 0) is 43.0 Å². The van der Waals surface area contributed by atoms with E-state index in [1.807, 2.05) is 31.4 Å². The zero-order valence-electron chi connectivity index (χ0n) is 14.3. The van der Waals surface area contributed by atoms with Crippen LogP contribution in [0.15, 0.2) is 49.7 Å². The molecule has 4 rings (SSSR count). The van der Waals surface area contributed by atoms with E-state index in [1.54, 1.807) is 17.0 Å². The van der Waals surface area contributed by atoms with Gasteiger partial charge in [0.25, 0.3) is 5.91 Å². The number of halogens is 1. The fraction of sp³-hybridized carbons (Fsp3) is 0.111. The minimum atomic E-state index is -0.479. The highest BCUT2D eigenvalue weighted by molar-refractivity contribution is 8.18. The van der Waals surface area contributed by atoms with E-state index in [4.69, 9.17) is 21.4 Å². The van der Waals surface area contributed by atoms with Gasteiger partial charge in [-0.25, -0.2) is 4.90 Å². The number of hydrogen-bond donors (Lipinski definition) is 1. The average molecular weight is 417 g/mol. The van der Waals surface area contributed by atoms with Gasteiger partial charge in [0.15, 0.2) is 5.17 Å². The molecule has 27 heavy (non-hydrogen) atoms.